The van der Waals surface area contributed by atoms with Gasteiger partial charge in [-0.2, -0.15) is 5.10 Å². The van der Waals surface area contributed by atoms with Gasteiger partial charge in [0.1, 0.15) is 17.6 Å². The predicted octanol–water partition coefficient (Wildman–Crippen LogP) is 1.52. The van der Waals surface area contributed by atoms with Crippen LogP contribution in [0.2, 0.25) is 0 Å². The zero-order valence-corrected chi connectivity index (χ0v) is 13.1. The molecule has 122 valence electrons. The third kappa shape index (κ3) is 2.77. The van der Waals surface area contributed by atoms with Crippen LogP contribution < -0.4 is 4.90 Å². The second-order valence-electron chi connectivity index (χ2n) is 5.94. The van der Waals surface area contributed by atoms with E-state index in [1.54, 1.807) is 23.9 Å². The van der Waals surface area contributed by atoms with Crippen LogP contribution in [0.15, 0.2) is 24.5 Å². The molecule has 1 saturated heterocycles. The van der Waals surface area contributed by atoms with Gasteiger partial charge in [-0.25, -0.2) is 4.98 Å². The van der Waals surface area contributed by atoms with Crippen molar-refractivity contribution in [3.05, 3.63) is 45.9 Å². The van der Waals surface area contributed by atoms with Crippen molar-refractivity contribution >= 4 is 11.5 Å². The molecule has 8 heteroatoms. The van der Waals surface area contributed by atoms with Crippen molar-refractivity contribution in [2.24, 2.45) is 7.05 Å². The van der Waals surface area contributed by atoms with Crippen molar-refractivity contribution < 1.29 is 10.0 Å². The van der Waals surface area contributed by atoms with Crippen molar-refractivity contribution in [1.82, 2.24) is 14.8 Å². The Morgan fingerprint density at radius 1 is 1.39 bits per heavy atom. The third-order valence-corrected chi connectivity index (χ3v) is 4.48. The highest BCUT2D eigenvalue weighted by Crippen LogP contribution is 2.34. The number of hydrogen-bond acceptors (Lipinski definition) is 6. The Hall–Kier alpha value is -2.48. The first kappa shape index (κ1) is 15.4. The van der Waals surface area contributed by atoms with Gasteiger partial charge in [-0.1, -0.05) is 0 Å². The molecule has 3 heterocycles. The number of aromatic nitrogens is 3. The summed E-state index contributed by atoms with van der Waals surface area (Å²) in [7, 11) is 1.82. The standard InChI is InChI=1S/C15H19N5O3/c1-11-9-14(16-10-12(11)20(22)23)19-7-4-15(21,5-8-19)13-3-6-17-18(13)2/h3,6,9-10,21H,4-5,7-8H2,1-2H3. The van der Waals surface area contributed by atoms with Crippen LogP contribution in [0.4, 0.5) is 11.5 Å². The summed E-state index contributed by atoms with van der Waals surface area (Å²) in [5, 5.41) is 25.8. The Balaban J connectivity index is 1.76. The number of hydrogen-bond donors (Lipinski definition) is 1. The van der Waals surface area contributed by atoms with Gasteiger partial charge in [0.05, 0.1) is 10.6 Å². The van der Waals surface area contributed by atoms with Crippen LogP contribution in [0.1, 0.15) is 24.1 Å². The highest BCUT2D eigenvalue weighted by atomic mass is 16.6. The number of piperidine rings is 1. The van der Waals surface area contributed by atoms with Crippen molar-refractivity contribution in [1.29, 1.82) is 0 Å². The van der Waals surface area contributed by atoms with Crippen LogP contribution in [0.3, 0.4) is 0 Å². The van der Waals surface area contributed by atoms with Crippen LogP contribution in [-0.2, 0) is 12.6 Å². The van der Waals surface area contributed by atoms with Gasteiger partial charge in [-0.3, -0.25) is 14.8 Å². The fourth-order valence-electron chi connectivity index (χ4n) is 3.09. The first-order valence-corrected chi connectivity index (χ1v) is 7.47. The van der Waals surface area contributed by atoms with Gasteiger partial charge < -0.3 is 10.0 Å². The lowest BCUT2D eigenvalue weighted by atomic mass is 9.88. The van der Waals surface area contributed by atoms with Gasteiger partial charge >= 0.3 is 0 Å². The Kier molecular flexibility index (Phi) is 3.77. The first-order chi connectivity index (χ1) is 10.9. The van der Waals surface area contributed by atoms with E-state index in [4.69, 9.17) is 0 Å². The molecule has 8 nitrogen and oxygen atoms in total. The van der Waals surface area contributed by atoms with Gasteiger partial charge in [0.2, 0.25) is 0 Å². The molecule has 1 N–H and O–H groups in total. The minimum absolute atomic E-state index is 0.0251. The third-order valence-electron chi connectivity index (χ3n) is 4.48. The molecular weight excluding hydrogens is 298 g/mol. The SMILES string of the molecule is Cc1cc(N2CCC(O)(c3ccnn3C)CC2)ncc1[N+](=O)[O-]. The maximum Gasteiger partial charge on any atom is 0.290 e. The Labute approximate surface area is 133 Å². The van der Waals surface area contributed by atoms with E-state index in [0.717, 1.165) is 5.69 Å². The molecule has 23 heavy (non-hydrogen) atoms. The highest BCUT2D eigenvalue weighted by Gasteiger charge is 2.36. The molecule has 0 bridgehead atoms. The van der Waals surface area contributed by atoms with E-state index >= 15 is 0 Å². The van der Waals surface area contributed by atoms with Gasteiger partial charge in [0.25, 0.3) is 5.69 Å². The van der Waals surface area contributed by atoms with Crippen molar-refractivity contribution in [2.45, 2.75) is 25.4 Å². The average Bonchev–Trinajstić information content (AvgIpc) is 2.94. The summed E-state index contributed by atoms with van der Waals surface area (Å²) in [4.78, 5) is 16.7. The summed E-state index contributed by atoms with van der Waals surface area (Å²) >= 11 is 0. The second kappa shape index (κ2) is 5.62. The molecule has 0 aliphatic carbocycles. The Morgan fingerprint density at radius 2 is 2.09 bits per heavy atom. The molecule has 2 aromatic rings. The van der Waals surface area contributed by atoms with Crippen molar-refractivity contribution in [3.63, 3.8) is 0 Å². The summed E-state index contributed by atoms with van der Waals surface area (Å²) in [6.45, 7) is 2.97. The van der Waals surface area contributed by atoms with Gasteiger partial charge in [-0.15, -0.1) is 0 Å². The van der Waals surface area contributed by atoms with Crippen molar-refractivity contribution in [3.8, 4) is 0 Å². The second-order valence-corrected chi connectivity index (χ2v) is 5.94. The number of aryl methyl sites for hydroxylation is 2. The van der Waals surface area contributed by atoms with E-state index in [1.807, 2.05) is 18.0 Å². The zero-order chi connectivity index (χ0) is 16.6. The number of anilines is 1. The molecule has 3 rings (SSSR count). The smallest absolute Gasteiger partial charge is 0.290 e. The summed E-state index contributed by atoms with van der Waals surface area (Å²) in [5.41, 5.74) is 0.534. The molecule has 0 amide bonds. The molecule has 0 saturated carbocycles. The van der Waals surface area contributed by atoms with Crippen LogP contribution >= 0.6 is 0 Å². The Bertz CT molecular complexity index is 734. The quantitative estimate of drug-likeness (QED) is 0.681. The number of nitrogens with zero attached hydrogens (tertiary/aromatic N) is 5. The monoisotopic (exact) mass is 317 g/mol. The number of pyridine rings is 1. The summed E-state index contributed by atoms with van der Waals surface area (Å²) in [6.07, 6.45) is 4.10. The molecule has 1 aliphatic heterocycles. The number of rotatable bonds is 3. The predicted molar refractivity (Wildman–Crippen MR) is 84.2 cm³/mol. The fourth-order valence-corrected chi connectivity index (χ4v) is 3.09. The average molecular weight is 317 g/mol. The fraction of sp³-hybridized carbons (Fsp3) is 0.467. The van der Waals surface area contributed by atoms with E-state index < -0.39 is 10.5 Å². The van der Waals surface area contributed by atoms with E-state index in [2.05, 4.69) is 10.1 Å². The lowest BCUT2D eigenvalue weighted by molar-refractivity contribution is -0.385. The normalized spacial score (nSPS) is 17.3. The van der Waals surface area contributed by atoms with Crippen molar-refractivity contribution in [2.75, 3.05) is 18.0 Å². The minimum atomic E-state index is -0.891. The van der Waals surface area contributed by atoms with Crippen LogP contribution in [0.25, 0.3) is 0 Å². The van der Waals surface area contributed by atoms with Gasteiger partial charge in [0, 0.05) is 31.9 Å². The largest absolute Gasteiger partial charge is 0.383 e. The molecule has 0 radical (unpaired) electrons. The lowest BCUT2D eigenvalue weighted by Crippen LogP contribution is -2.43. The zero-order valence-electron chi connectivity index (χ0n) is 13.1. The number of nitro groups is 1. The van der Waals surface area contributed by atoms with Gasteiger partial charge in [-0.05, 0) is 31.9 Å². The lowest BCUT2D eigenvalue weighted by Gasteiger charge is -2.38. The summed E-state index contributed by atoms with van der Waals surface area (Å²) in [6, 6.07) is 3.57. The maximum absolute atomic E-state index is 10.9. The molecule has 0 unspecified atom stereocenters. The minimum Gasteiger partial charge on any atom is -0.383 e. The van der Waals surface area contributed by atoms with E-state index in [-0.39, 0.29) is 5.69 Å². The molecule has 0 aromatic carbocycles. The van der Waals surface area contributed by atoms with Crippen LogP contribution in [-0.4, -0.2) is 37.9 Å². The highest BCUT2D eigenvalue weighted by molar-refractivity contribution is 5.49. The Morgan fingerprint density at radius 3 is 2.61 bits per heavy atom. The van der Waals surface area contributed by atoms with E-state index in [9.17, 15) is 15.2 Å². The molecular formula is C15H19N5O3. The van der Waals surface area contributed by atoms with Crippen LogP contribution in [0, 0.1) is 17.0 Å². The van der Waals surface area contributed by atoms with E-state index in [1.165, 1.54) is 6.20 Å². The molecule has 0 atom stereocenters. The topological polar surface area (TPSA) is 97.3 Å². The van der Waals surface area contributed by atoms with Gasteiger partial charge in [0.15, 0.2) is 0 Å². The van der Waals surface area contributed by atoms with E-state index in [0.29, 0.717) is 37.3 Å². The molecule has 0 spiro atoms. The number of aliphatic hydroxyl groups is 1. The molecule has 1 fully saturated rings. The first-order valence-electron chi connectivity index (χ1n) is 7.47. The molecule has 1 aliphatic rings. The summed E-state index contributed by atoms with van der Waals surface area (Å²) < 4.78 is 1.70. The maximum atomic E-state index is 10.9. The molecule has 2 aromatic heterocycles. The van der Waals surface area contributed by atoms with Crippen LogP contribution in [0.5, 0.6) is 0 Å². The summed E-state index contributed by atoms with van der Waals surface area (Å²) in [5.74, 6) is 0.708.